The van der Waals surface area contributed by atoms with Gasteiger partial charge < -0.3 is 5.32 Å². The average Bonchev–Trinajstić information content (AvgIpc) is 3.14. The maximum absolute atomic E-state index is 12.2. The Hall–Kier alpha value is -1.31. The highest BCUT2D eigenvalue weighted by Gasteiger charge is 2.22. The molecule has 0 radical (unpaired) electrons. The molecule has 0 fully saturated rings. The van der Waals surface area contributed by atoms with Gasteiger partial charge in [0.2, 0.25) is 16.2 Å². The van der Waals surface area contributed by atoms with E-state index in [1.165, 1.54) is 11.8 Å². The van der Waals surface area contributed by atoms with Gasteiger partial charge in [-0.05, 0) is 6.42 Å². The smallest absolute Gasteiger partial charge is 0.293 e. The minimum Gasteiger partial charge on any atom is -0.301 e. The molecule has 2 aromatic rings. The fraction of sp³-hybridized carbons (Fsp3) is 0.500. The summed E-state index contributed by atoms with van der Waals surface area (Å²) in [6.45, 7) is 3.72. The van der Waals surface area contributed by atoms with Crippen LogP contribution in [0.2, 0.25) is 0 Å². The molecule has 2 heterocycles. The third-order valence-corrected chi connectivity index (χ3v) is 7.11. The van der Waals surface area contributed by atoms with Gasteiger partial charge in [0.25, 0.3) is 14.4 Å². The second kappa shape index (κ2) is 7.99. The van der Waals surface area contributed by atoms with E-state index >= 15 is 0 Å². The van der Waals surface area contributed by atoms with Gasteiger partial charge in [-0.2, -0.15) is 8.42 Å². The summed E-state index contributed by atoms with van der Waals surface area (Å²) in [6, 6.07) is 0. The van der Waals surface area contributed by atoms with E-state index in [4.69, 9.17) is 0 Å². The summed E-state index contributed by atoms with van der Waals surface area (Å²) in [4.78, 5) is 11.3. The van der Waals surface area contributed by atoms with Crippen molar-refractivity contribution >= 4 is 60.6 Å². The minimum atomic E-state index is -3.90. The zero-order valence-electron chi connectivity index (χ0n) is 12.3. The van der Waals surface area contributed by atoms with Gasteiger partial charge in [0.15, 0.2) is 4.34 Å². The number of nitrogens with one attached hydrogen (secondary N) is 2. The second-order valence-corrected chi connectivity index (χ2v) is 9.26. The fourth-order valence-electron chi connectivity index (χ4n) is 1.23. The lowest BCUT2D eigenvalue weighted by Gasteiger charge is -1.99. The Morgan fingerprint density at radius 3 is 2.57 bits per heavy atom. The van der Waals surface area contributed by atoms with E-state index in [2.05, 4.69) is 30.4 Å². The summed E-state index contributed by atoms with van der Waals surface area (Å²) in [6.07, 6.45) is 1.26. The first-order valence-corrected chi connectivity index (χ1v) is 10.7. The third-order valence-electron chi connectivity index (χ3n) is 2.26. The quantitative estimate of drug-likeness (QED) is 0.514. The van der Waals surface area contributed by atoms with E-state index in [1.54, 1.807) is 6.92 Å². The molecule has 0 unspecified atom stereocenters. The number of hydrogen-bond acceptors (Lipinski definition) is 10. The molecule has 2 rings (SSSR count). The van der Waals surface area contributed by atoms with Crippen LogP contribution in [0.25, 0.3) is 0 Å². The topological polar surface area (TPSA) is 127 Å². The molecule has 0 spiro atoms. The van der Waals surface area contributed by atoms with Gasteiger partial charge in [-0.1, -0.05) is 48.3 Å². The first-order chi connectivity index (χ1) is 10.9. The molecule has 0 atom stereocenters. The number of rotatable bonds is 8. The molecule has 0 aliphatic heterocycles. The molecule has 0 aromatic carbocycles. The highest BCUT2D eigenvalue weighted by Crippen LogP contribution is 2.28. The highest BCUT2D eigenvalue weighted by molar-refractivity contribution is 8.01. The molecule has 0 aliphatic carbocycles. The second-order valence-electron chi connectivity index (χ2n) is 4.10. The summed E-state index contributed by atoms with van der Waals surface area (Å²) in [5, 5.41) is 17.7. The maximum atomic E-state index is 12.2. The summed E-state index contributed by atoms with van der Waals surface area (Å²) in [7, 11) is -3.90. The zero-order chi connectivity index (χ0) is 16.9. The Labute approximate surface area is 145 Å². The van der Waals surface area contributed by atoms with E-state index in [0.29, 0.717) is 4.34 Å². The predicted octanol–water partition coefficient (Wildman–Crippen LogP) is 2.04. The van der Waals surface area contributed by atoms with Gasteiger partial charge in [0.05, 0.1) is 0 Å². The van der Waals surface area contributed by atoms with Crippen LogP contribution < -0.4 is 10.0 Å². The summed E-state index contributed by atoms with van der Waals surface area (Å²) >= 11 is 3.44. The summed E-state index contributed by atoms with van der Waals surface area (Å²) in [5.41, 5.74) is 0. The van der Waals surface area contributed by atoms with Crippen LogP contribution in [0.15, 0.2) is 8.68 Å². The van der Waals surface area contributed by atoms with Crippen LogP contribution >= 0.6 is 34.4 Å². The number of nitrogens with zero attached hydrogens (tertiary/aromatic N) is 4. The van der Waals surface area contributed by atoms with Crippen molar-refractivity contribution in [1.82, 2.24) is 20.4 Å². The maximum Gasteiger partial charge on any atom is 0.293 e. The van der Waals surface area contributed by atoms with Crippen LogP contribution in [0.5, 0.6) is 0 Å². The lowest BCUT2D eigenvalue weighted by molar-refractivity contribution is -0.115. The molecular weight excluding hydrogens is 380 g/mol. The molecule has 2 aromatic heterocycles. The number of anilines is 2. The number of carbonyl (C=O) groups is 1. The van der Waals surface area contributed by atoms with Crippen molar-refractivity contribution in [3.05, 3.63) is 0 Å². The zero-order valence-corrected chi connectivity index (χ0v) is 15.5. The molecule has 126 valence electrons. The molecular formula is C10H14N6O3S4. The number of thioether (sulfide) groups is 1. The van der Waals surface area contributed by atoms with Gasteiger partial charge in [0.1, 0.15) is 0 Å². The van der Waals surface area contributed by atoms with Crippen molar-refractivity contribution in [3.63, 3.8) is 0 Å². The minimum absolute atomic E-state index is 0.133. The highest BCUT2D eigenvalue weighted by atomic mass is 32.2. The van der Waals surface area contributed by atoms with Crippen molar-refractivity contribution in [3.8, 4) is 0 Å². The van der Waals surface area contributed by atoms with Crippen LogP contribution in [0, 0.1) is 0 Å². The molecule has 0 saturated heterocycles. The number of carbonyl (C=O) groups excluding carboxylic acids is 1. The lowest BCUT2D eigenvalue weighted by atomic mass is 10.5. The van der Waals surface area contributed by atoms with E-state index in [0.717, 1.165) is 34.8 Å². The third kappa shape index (κ3) is 5.09. The molecule has 9 nitrogen and oxygen atoms in total. The van der Waals surface area contributed by atoms with E-state index in [-0.39, 0.29) is 26.9 Å². The number of amides is 1. The van der Waals surface area contributed by atoms with Crippen molar-refractivity contribution in [2.24, 2.45) is 0 Å². The van der Waals surface area contributed by atoms with Gasteiger partial charge in [-0.25, -0.2) is 0 Å². The van der Waals surface area contributed by atoms with Crippen LogP contribution in [0.4, 0.5) is 10.3 Å². The van der Waals surface area contributed by atoms with Crippen LogP contribution in [-0.4, -0.2) is 40.5 Å². The predicted molar refractivity (Wildman–Crippen MR) is 90.6 cm³/mol. The van der Waals surface area contributed by atoms with Gasteiger partial charge in [-0.15, -0.1) is 20.4 Å². The standard InChI is InChI=1S/C10H14N6O3S4/c1-3-5-20-9-14-13-8(21-9)16-23(18,19)10-15-12-7(22-10)11-6(17)4-2/h3-5H2,1-2H3,(H,13,16)(H,11,12,17). The molecule has 0 aliphatic rings. The SMILES string of the molecule is CCCSc1nnc(NS(=O)(=O)c2nnc(NC(=O)CC)s2)s1. The van der Waals surface area contributed by atoms with Crippen molar-refractivity contribution in [2.75, 3.05) is 15.8 Å². The number of sulfonamides is 1. The van der Waals surface area contributed by atoms with E-state index < -0.39 is 10.0 Å². The molecule has 0 saturated carbocycles. The lowest BCUT2D eigenvalue weighted by Crippen LogP contribution is -2.12. The molecule has 23 heavy (non-hydrogen) atoms. The molecule has 2 N–H and O–H groups in total. The van der Waals surface area contributed by atoms with E-state index in [1.807, 2.05) is 6.92 Å². The summed E-state index contributed by atoms with van der Waals surface area (Å²) in [5.74, 6) is 0.623. The van der Waals surface area contributed by atoms with Crippen LogP contribution in [0.3, 0.4) is 0 Å². The Morgan fingerprint density at radius 1 is 1.13 bits per heavy atom. The Morgan fingerprint density at radius 2 is 1.87 bits per heavy atom. The Bertz CT molecular complexity index is 771. The monoisotopic (exact) mass is 394 g/mol. The summed E-state index contributed by atoms with van der Waals surface area (Å²) < 4.78 is 27.2. The first-order valence-electron chi connectivity index (χ1n) is 6.57. The average molecular weight is 395 g/mol. The van der Waals surface area contributed by atoms with E-state index in [9.17, 15) is 13.2 Å². The Balaban J connectivity index is 2.06. The normalized spacial score (nSPS) is 11.4. The number of hydrogen-bond donors (Lipinski definition) is 2. The van der Waals surface area contributed by atoms with Crippen molar-refractivity contribution in [1.29, 1.82) is 0 Å². The first kappa shape index (κ1) is 18.0. The van der Waals surface area contributed by atoms with Crippen molar-refractivity contribution < 1.29 is 13.2 Å². The largest absolute Gasteiger partial charge is 0.301 e. The van der Waals surface area contributed by atoms with Crippen LogP contribution in [0.1, 0.15) is 26.7 Å². The molecule has 0 bridgehead atoms. The van der Waals surface area contributed by atoms with Gasteiger partial charge in [0, 0.05) is 12.2 Å². The Kier molecular flexibility index (Phi) is 6.26. The van der Waals surface area contributed by atoms with Gasteiger partial charge in [-0.3, -0.25) is 9.52 Å². The van der Waals surface area contributed by atoms with Crippen LogP contribution in [-0.2, 0) is 14.8 Å². The molecule has 1 amide bonds. The van der Waals surface area contributed by atoms with Crippen molar-refractivity contribution in [2.45, 2.75) is 35.4 Å². The molecule has 13 heteroatoms. The fourth-order valence-corrected chi connectivity index (χ4v) is 5.06. The number of aromatic nitrogens is 4. The van der Waals surface area contributed by atoms with Gasteiger partial charge >= 0.3 is 0 Å².